The van der Waals surface area contributed by atoms with Gasteiger partial charge in [0.1, 0.15) is 4.83 Å². The molecule has 1 amide bonds. The van der Waals surface area contributed by atoms with Crippen molar-refractivity contribution in [3.8, 4) is 0 Å². The van der Waals surface area contributed by atoms with Crippen LogP contribution in [0.4, 0.5) is 5.82 Å². The third-order valence-electron chi connectivity index (χ3n) is 4.53. The van der Waals surface area contributed by atoms with Gasteiger partial charge in [-0.1, -0.05) is 0 Å². The highest BCUT2D eigenvalue weighted by Gasteiger charge is 2.30. The molecule has 0 aliphatic carbocycles. The molecule has 0 bridgehead atoms. The highest BCUT2D eigenvalue weighted by molar-refractivity contribution is 7.26. The van der Waals surface area contributed by atoms with Gasteiger partial charge >= 0.3 is 0 Å². The molecule has 1 aliphatic rings. The molecule has 1 fully saturated rings. The summed E-state index contributed by atoms with van der Waals surface area (Å²) in [7, 11) is 1.96. The van der Waals surface area contributed by atoms with Gasteiger partial charge in [0.25, 0.3) is 0 Å². The number of nitrogens with one attached hydrogen (secondary N) is 1. The maximum absolute atomic E-state index is 11.3. The van der Waals surface area contributed by atoms with Gasteiger partial charge in [0, 0.05) is 32.4 Å². The van der Waals surface area contributed by atoms with Crippen molar-refractivity contribution >= 4 is 43.5 Å². The minimum Gasteiger partial charge on any atom is -0.361 e. The average Bonchev–Trinajstić information content (AvgIpc) is 2.96. The number of aromatic nitrogens is 4. The molecule has 8 heteroatoms. The summed E-state index contributed by atoms with van der Waals surface area (Å²) in [6.45, 7) is 7.12. The van der Waals surface area contributed by atoms with E-state index in [2.05, 4.69) is 27.5 Å². The van der Waals surface area contributed by atoms with Crippen molar-refractivity contribution in [1.29, 1.82) is 0 Å². The van der Waals surface area contributed by atoms with E-state index in [0.717, 1.165) is 50.6 Å². The number of aryl methyl sites for hydroxylation is 3. The predicted molar refractivity (Wildman–Crippen MR) is 90.8 cm³/mol. The topological polar surface area (TPSA) is 75.9 Å². The number of carbonyl (C=O) groups excluding carboxylic acids is 1. The number of carbonyl (C=O) groups is 1. The molecule has 1 N–H and O–H groups in total. The molecular weight excluding hydrogens is 312 g/mol. The molecule has 1 aliphatic heterocycles. The highest BCUT2D eigenvalue weighted by Crippen LogP contribution is 2.39. The van der Waals surface area contributed by atoms with Gasteiger partial charge in [-0.15, -0.1) is 16.4 Å². The lowest BCUT2D eigenvalue weighted by molar-refractivity contribution is -0.132. The Bertz CT molecular complexity index is 937. The van der Waals surface area contributed by atoms with Gasteiger partial charge in [0.2, 0.25) is 5.91 Å². The largest absolute Gasteiger partial charge is 0.361 e. The Hall–Kier alpha value is -2.22. The Balaban J connectivity index is 1.75. The quantitative estimate of drug-likeness (QED) is 0.776. The number of hydrogen-bond acceptors (Lipinski definition) is 6. The van der Waals surface area contributed by atoms with Gasteiger partial charge in [-0.3, -0.25) is 9.48 Å². The summed E-state index contributed by atoms with van der Waals surface area (Å²) in [4.78, 5) is 14.1. The monoisotopic (exact) mass is 330 g/mol. The zero-order valence-corrected chi connectivity index (χ0v) is 14.4. The second-order valence-electron chi connectivity index (χ2n) is 6.11. The molecule has 0 aromatic carbocycles. The standard InChI is InChI=1S/C15H18N6OS/c1-7-8(2)17-18-15-11(7)12-13(23-15)14(19-20(12)4)16-10-5-21(6-10)9(3)22/h10H,5-6H2,1-4H3,(H,16,19). The maximum atomic E-state index is 11.3. The van der Waals surface area contributed by atoms with E-state index in [-0.39, 0.29) is 11.9 Å². The second-order valence-corrected chi connectivity index (χ2v) is 7.11. The normalized spacial score (nSPS) is 15.4. The Morgan fingerprint density at radius 1 is 1.30 bits per heavy atom. The van der Waals surface area contributed by atoms with Crippen LogP contribution in [0, 0.1) is 13.8 Å². The first-order valence-corrected chi connectivity index (χ1v) is 8.38. The number of hydrogen-bond donors (Lipinski definition) is 1. The number of likely N-dealkylation sites (tertiary alicyclic amines) is 1. The number of thiophene rings is 1. The molecule has 1 saturated heterocycles. The number of amides is 1. The first kappa shape index (κ1) is 14.4. The summed E-state index contributed by atoms with van der Waals surface area (Å²) in [5, 5.41) is 17.8. The Kier molecular flexibility index (Phi) is 3.06. The van der Waals surface area contributed by atoms with Gasteiger partial charge in [-0.25, -0.2) is 0 Å². The first-order valence-electron chi connectivity index (χ1n) is 7.57. The van der Waals surface area contributed by atoms with E-state index in [4.69, 9.17) is 0 Å². The zero-order chi connectivity index (χ0) is 16.3. The minimum atomic E-state index is 0.123. The Labute approximate surface area is 137 Å². The Morgan fingerprint density at radius 2 is 2.04 bits per heavy atom. The third-order valence-corrected chi connectivity index (χ3v) is 5.60. The highest BCUT2D eigenvalue weighted by atomic mass is 32.1. The van der Waals surface area contributed by atoms with Crippen LogP contribution in [0.5, 0.6) is 0 Å². The van der Waals surface area contributed by atoms with Crippen molar-refractivity contribution in [3.63, 3.8) is 0 Å². The average molecular weight is 330 g/mol. The van der Waals surface area contributed by atoms with Gasteiger partial charge in [0.05, 0.1) is 22.0 Å². The molecule has 4 heterocycles. The zero-order valence-electron chi connectivity index (χ0n) is 13.5. The fraction of sp³-hybridized carbons (Fsp3) is 0.467. The molecule has 0 radical (unpaired) electrons. The van der Waals surface area contributed by atoms with E-state index < -0.39 is 0 Å². The molecule has 120 valence electrons. The van der Waals surface area contributed by atoms with Crippen LogP contribution in [0.2, 0.25) is 0 Å². The van der Waals surface area contributed by atoms with Gasteiger partial charge in [-0.2, -0.15) is 10.2 Å². The number of rotatable bonds is 2. The minimum absolute atomic E-state index is 0.123. The lowest BCUT2D eigenvalue weighted by Crippen LogP contribution is -2.56. The second kappa shape index (κ2) is 4.89. The molecule has 23 heavy (non-hydrogen) atoms. The predicted octanol–water partition coefficient (Wildman–Crippen LogP) is 1.84. The molecule has 3 aromatic rings. The summed E-state index contributed by atoms with van der Waals surface area (Å²) in [5.74, 6) is 0.994. The Morgan fingerprint density at radius 3 is 2.74 bits per heavy atom. The fourth-order valence-corrected chi connectivity index (χ4v) is 4.18. The van der Waals surface area contributed by atoms with Crippen molar-refractivity contribution in [2.45, 2.75) is 26.8 Å². The van der Waals surface area contributed by atoms with E-state index in [1.807, 2.05) is 23.6 Å². The van der Waals surface area contributed by atoms with E-state index in [1.165, 1.54) is 0 Å². The van der Waals surface area contributed by atoms with Crippen LogP contribution in [0.15, 0.2) is 0 Å². The van der Waals surface area contributed by atoms with Crippen molar-refractivity contribution in [3.05, 3.63) is 11.3 Å². The lowest BCUT2D eigenvalue weighted by Gasteiger charge is -2.38. The van der Waals surface area contributed by atoms with Crippen LogP contribution in [0.3, 0.4) is 0 Å². The number of nitrogens with zero attached hydrogens (tertiary/aromatic N) is 5. The first-order chi connectivity index (χ1) is 11.0. The smallest absolute Gasteiger partial charge is 0.219 e. The van der Waals surface area contributed by atoms with Gasteiger partial charge in [0.15, 0.2) is 5.82 Å². The third kappa shape index (κ3) is 2.08. The van der Waals surface area contributed by atoms with Crippen LogP contribution in [-0.4, -0.2) is 49.9 Å². The summed E-state index contributed by atoms with van der Waals surface area (Å²) in [6.07, 6.45) is 0. The molecule has 3 aromatic heterocycles. The van der Waals surface area contributed by atoms with Crippen LogP contribution >= 0.6 is 11.3 Å². The summed E-state index contributed by atoms with van der Waals surface area (Å²) in [5.41, 5.74) is 3.21. The van der Waals surface area contributed by atoms with Crippen LogP contribution in [-0.2, 0) is 11.8 Å². The molecular formula is C15H18N6OS. The van der Waals surface area contributed by atoms with Gasteiger partial charge < -0.3 is 10.2 Å². The van der Waals surface area contributed by atoms with E-state index >= 15 is 0 Å². The molecule has 0 atom stereocenters. The van der Waals surface area contributed by atoms with Crippen LogP contribution in [0.1, 0.15) is 18.2 Å². The molecule has 4 rings (SSSR count). The van der Waals surface area contributed by atoms with Gasteiger partial charge in [-0.05, 0) is 19.4 Å². The SMILES string of the molecule is CC(=O)N1CC(Nc2nn(C)c3c2sc2nnc(C)c(C)c23)C1. The van der Waals surface area contributed by atoms with E-state index in [1.54, 1.807) is 18.3 Å². The maximum Gasteiger partial charge on any atom is 0.219 e. The molecule has 0 spiro atoms. The summed E-state index contributed by atoms with van der Waals surface area (Å²) < 4.78 is 3.01. The van der Waals surface area contributed by atoms with E-state index in [9.17, 15) is 4.79 Å². The summed E-state index contributed by atoms with van der Waals surface area (Å²) in [6, 6.07) is 0.260. The lowest BCUT2D eigenvalue weighted by atomic mass is 10.1. The number of fused-ring (bicyclic) bond motifs is 3. The summed E-state index contributed by atoms with van der Waals surface area (Å²) >= 11 is 1.62. The molecule has 0 saturated carbocycles. The van der Waals surface area contributed by atoms with Crippen molar-refractivity contribution in [2.75, 3.05) is 18.4 Å². The van der Waals surface area contributed by atoms with Crippen LogP contribution < -0.4 is 5.32 Å². The van der Waals surface area contributed by atoms with Crippen LogP contribution in [0.25, 0.3) is 20.4 Å². The number of anilines is 1. The van der Waals surface area contributed by atoms with Crippen molar-refractivity contribution in [2.24, 2.45) is 7.05 Å². The van der Waals surface area contributed by atoms with E-state index in [0.29, 0.717) is 0 Å². The molecule has 7 nitrogen and oxygen atoms in total. The molecule has 0 unspecified atom stereocenters. The van der Waals surface area contributed by atoms with Crippen molar-refractivity contribution in [1.82, 2.24) is 24.9 Å². The van der Waals surface area contributed by atoms with Crippen molar-refractivity contribution < 1.29 is 4.79 Å². The fourth-order valence-electron chi connectivity index (χ4n) is 3.02.